The van der Waals surface area contributed by atoms with Crippen LogP contribution in [-0.2, 0) is 6.54 Å². The minimum absolute atomic E-state index is 0.151. The van der Waals surface area contributed by atoms with Crippen molar-refractivity contribution in [2.24, 2.45) is 0 Å². The highest BCUT2D eigenvalue weighted by Crippen LogP contribution is 2.23. The molecule has 0 spiro atoms. The van der Waals surface area contributed by atoms with Crippen molar-refractivity contribution in [3.8, 4) is 0 Å². The second-order valence-electron chi connectivity index (χ2n) is 6.91. The van der Waals surface area contributed by atoms with E-state index in [4.69, 9.17) is 5.21 Å². The lowest BCUT2D eigenvalue weighted by molar-refractivity contribution is 0.0705. The van der Waals surface area contributed by atoms with Gasteiger partial charge in [-0.15, -0.1) is 0 Å². The van der Waals surface area contributed by atoms with Gasteiger partial charge in [0.2, 0.25) is 5.95 Å². The average Bonchev–Trinajstić information content (AvgIpc) is 2.81. The molecule has 3 N–H and O–H groups in total. The van der Waals surface area contributed by atoms with Crippen LogP contribution in [0.2, 0.25) is 0 Å². The highest BCUT2D eigenvalue weighted by molar-refractivity contribution is 5.92. The van der Waals surface area contributed by atoms with E-state index in [9.17, 15) is 14.4 Å². The van der Waals surface area contributed by atoms with Crippen LogP contribution in [0, 0.1) is 0 Å². The lowest BCUT2D eigenvalue weighted by atomic mass is 10.1. The molecule has 2 aromatic carbocycles. The van der Waals surface area contributed by atoms with Crippen molar-refractivity contribution in [3.05, 3.63) is 74.3 Å². The molecule has 1 aliphatic rings. The van der Waals surface area contributed by atoms with Gasteiger partial charge in [0, 0.05) is 45.1 Å². The predicted octanol–water partition coefficient (Wildman–Crippen LogP) is 0.130. The van der Waals surface area contributed by atoms with Gasteiger partial charge in [0.1, 0.15) is 11.4 Å². The molecule has 0 radical (unpaired) electrons. The van der Waals surface area contributed by atoms with E-state index in [0.29, 0.717) is 50.0 Å². The van der Waals surface area contributed by atoms with Crippen molar-refractivity contribution >= 4 is 23.2 Å². The Balaban J connectivity index is 1.40. The summed E-state index contributed by atoms with van der Waals surface area (Å²) in [5.74, 6) is -0.224. The van der Waals surface area contributed by atoms with Crippen LogP contribution >= 0.6 is 0 Å². The number of piperazine rings is 1. The number of nitrogens with zero attached hydrogens (tertiary/aromatic N) is 4. The van der Waals surface area contributed by atoms with Crippen molar-refractivity contribution in [2.75, 3.05) is 41.3 Å². The second-order valence-corrected chi connectivity index (χ2v) is 6.91. The number of amides is 1. The van der Waals surface area contributed by atoms with Crippen molar-refractivity contribution in [1.29, 1.82) is 0 Å². The molecule has 154 valence electrons. The zero-order valence-electron chi connectivity index (χ0n) is 16.0. The maximum atomic E-state index is 12.2. The van der Waals surface area contributed by atoms with E-state index >= 15 is 0 Å². The largest absolute Gasteiger partial charge is 0.376 e. The van der Waals surface area contributed by atoms with E-state index in [1.165, 1.54) is 17.9 Å². The van der Waals surface area contributed by atoms with E-state index in [0.717, 1.165) is 5.56 Å². The Hall–Kier alpha value is -3.79. The minimum atomic E-state index is -0.679. The van der Waals surface area contributed by atoms with Gasteiger partial charge in [-0.05, 0) is 5.56 Å². The summed E-state index contributed by atoms with van der Waals surface area (Å²) in [6.45, 7) is 2.66. The summed E-state index contributed by atoms with van der Waals surface area (Å²) in [5.41, 5.74) is 2.57. The number of aromatic nitrogens is 2. The fourth-order valence-electron chi connectivity index (χ4n) is 3.43. The van der Waals surface area contributed by atoms with Crippen molar-refractivity contribution < 1.29 is 10.0 Å². The van der Waals surface area contributed by atoms with Gasteiger partial charge in [-0.3, -0.25) is 19.6 Å². The Bertz CT molecular complexity index is 1100. The van der Waals surface area contributed by atoms with Crippen LogP contribution in [0.3, 0.4) is 0 Å². The molecule has 2 heterocycles. The zero-order valence-corrected chi connectivity index (χ0v) is 16.0. The summed E-state index contributed by atoms with van der Waals surface area (Å²) in [6.07, 6.45) is 2.67. The quantitative estimate of drug-likeness (QED) is 0.296. The molecular formula is C20H20N6O4. The number of carbonyl (C=O) groups excluding carboxylic acids is 1. The fraction of sp³-hybridized carbons (Fsp3) is 0.250. The van der Waals surface area contributed by atoms with Crippen molar-refractivity contribution in [1.82, 2.24) is 15.4 Å². The summed E-state index contributed by atoms with van der Waals surface area (Å²) in [4.78, 5) is 47.7. The third-order valence-corrected chi connectivity index (χ3v) is 5.08. The van der Waals surface area contributed by atoms with Gasteiger partial charge in [0.25, 0.3) is 16.8 Å². The molecule has 1 saturated heterocycles. The van der Waals surface area contributed by atoms with Gasteiger partial charge >= 0.3 is 0 Å². The summed E-state index contributed by atoms with van der Waals surface area (Å²) >= 11 is 0. The summed E-state index contributed by atoms with van der Waals surface area (Å²) in [7, 11) is 0. The molecule has 1 aromatic heterocycles. The number of nitrogens with one attached hydrogen (secondary N) is 2. The normalized spacial score (nSPS) is 14.0. The molecule has 30 heavy (non-hydrogen) atoms. The number of hydrogen-bond donors (Lipinski definition) is 3. The Labute approximate surface area is 171 Å². The lowest BCUT2D eigenvalue weighted by Gasteiger charge is -2.37. The van der Waals surface area contributed by atoms with Crippen molar-refractivity contribution in [3.63, 3.8) is 0 Å². The molecule has 10 heteroatoms. The van der Waals surface area contributed by atoms with Crippen molar-refractivity contribution in [2.45, 2.75) is 6.54 Å². The first kappa shape index (κ1) is 19.5. The molecule has 4 rings (SSSR count). The van der Waals surface area contributed by atoms with Gasteiger partial charge in [-0.2, -0.15) is 0 Å². The average molecular weight is 408 g/mol. The molecule has 1 fully saturated rings. The number of hydroxylamine groups is 1. The zero-order chi connectivity index (χ0) is 21.1. The standard InChI is InChI=1S/C20H20N6O4/c27-17-15(21-10-13-4-2-1-3-5-13)16(18(17)28)25-6-8-26(9-7-25)20-22-11-14(12-23-20)19(29)24-30/h1-5,11-12,21,30H,6-10H2,(H,24,29). The number of hydrogen-bond acceptors (Lipinski definition) is 9. The van der Waals surface area contributed by atoms with E-state index < -0.39 is 16.8 Å². The van der Waals surface area contributed by atoms with E-state index in [1.807, 2.05) is 40.1 Å². The molecule has 0 saturated carbocycles. The monoisotopic (exact) mass is 408 g/mol. The van der Waals surface area contributed by atoms with E-state index in [-0.39, 0.29) is 5.56 Å². The van der Waals surface area contributed by atoms with Gasteiger partial charge in [0.15, 0.2) is 0 Å². The van der Waals surface area contributed by atoms with E-state index in [2.05, 4.69) is 15.3 Å². The number of carbonyl (C=O) groups is 1. The molecule has 1 amide bonds. The molecular weight excluding hydrogens is 388 g/mol. The van der Waals surface area contributed by atoms with Crippen LogP contribution in [-0.4, -0.2) is 47.3 Å². The molecule has 3 aromatic rings. The lowest BCUT2D eigenvalue weighted by Crippen LogP contribution is -2.52. The topological polar surface area (TPSA) is 128 Å². The second kappa shape index (κ2) is 8.29. The number of rotatable bonds is 6. The third-order valence-electron chi connectivity index (χ3n) is 5.08. The predicted molar refractivity (Wildman–Crippen MR) is 111 cm³/mol. The van der Waals surface area contributed by atoms with Crippen LogP contribution in [0.4, 0.5) is 17.3 Å². The third kappa shape index (κ3) is 3.72. The smallest absolute Gasteiger partial charge is 0.277 e. The SMILES string of the molecule is O=C(NO)c1cnc(N2CCN(c3c(NCc4ccccc4)c(=O)c3=O)CC2)nc1. The van der Waals surface area contributed by atoms with Gasteiger partial charge in [0.05, 0.1) is 5.56 Å². The molecule has 0 unspecified atom stereocenters. The highest BCUT2D eigenvalue weighted by atomic mass is 16.5. The fourth-order valence-corrected chi connectivity index (χ4v) is 3.43. The molecule has 1 aliphatic heterocycles. The van der Waals surface area contributed by atoms with Crippen LogP contribution in [0.15, 0.2) is 52.3 Å². The summed E-state index contributed by atoms with van der Waals surface area (Å²) < 4.78 is 0. The Morgan fingerprint density at radius 3 is 2.23 bits per heavy atom. The van der Waals surface area contributed by atoms with Crippen LogP contribution in [0.25, 0.3) is 0 Å². The highest BCUT2D eigenvalue weighted by Gasteiger charge is 2.29. The van der Waals surface area contributed by atoms with Crippen LogP contribution in [0.1, 0.15) is 15.9 Å². The van der Waals surface area contributed by atoms with Gasteiger partial charge in [-0.25, -0.2) is 15.4 Å². The van der Waals surface area contributed by atoms with Gasteiger partial charge in [-0.1, -0.05) is 30.3 Å². The van der Waals surface area contributed by atoms with E-state index in [1.54, 1.807) is 0 Å². The molecule has 10 nitrogen and oxygen atoms in total. The molecule has 0 aliphatic carbocycles. The Morgan fingerprint density at radius 1 is 0.967 bits per heavy atom. The summed E-state index contributed by atoms with van der Waals surface area (Å²) in [6, 6.07) is 9.66. The summed E-state index contributed by atoms with van der Waals surface area (Å²) in [5, 5.41) is 11.7. The molecule has 0 atom stereocenters. The first-order valence-electron chi connectivity index (χ1n) is 9.46. The van der Waals surface area contributed by atoms with Crippen LogP contribution < -0.4 is 31.5 Å². The number of benzene rings is 1. The number of anilines is 3. The first-order chi connectivity index (χ1) is 14.6. The molecule has 0 bridgehead atoms. The Kier molecular flexibility index (Phi) is 5.40. The van der Waals surface area contributed by atoms with Crippen LogP contribution in [0.5, 0.6) is 0 Å². The van der Waals surface area contributed by atoms with Gasteiger partial charge < -0.3 is 15.1 Å². The maximum absolute atomic E-state index is 12.2. The maximum Gasteiger partial charge on any atom is 0.277 e. The minimum Gasteiger partial charge on any atom is -0.376 e. The first-order valence-corrected chi connectivity index (χ1v) is 9.46. The Morgan fingerprint density at radius 2 is 1.60 bits per heavy atom.